The second-order valence-electron chi connectivity index (χ2n) is 5.07. The first-order chi connectivity index (χ1) is 9.83. The van der Waals surface area contributed by atoms with Crippen molar-refractivity contribution in [1.29, 1.82) is 0 Å². The average Bonchev–Trinajstić information content (AvgIpc) is 2.43. The number of aliphatic carboxylic acids is 1. The van der Waals surface area contributed by atoms with Crippen LogP contribution in [0.4, 0.5) is 0 Å². The first kappa shape index (κ1) is 17.0. The highest BCUT2D eigenvalue weighted by Crippen LogP contribution is 2.16. The van der Waals surface area contributed by atoms with Gasteiger partial charge in [-0.1, -0.05) is 18.2 Å². The summed E-state index contributed by atoms with van der Waals surface area (Å²) in [5.41, 5.74) is -0.924. The van der Waals surface area contributed by atoms with Crippen molar-refractivity contribution in [3.8, 4) is 5.75 Å². The summed E-state index contributed by atoms with van der Waals surface area (Å²) in [6.07, 6.45) is 0.719. The van der Waals surface area contributed by atoms with Crippen molar-refractivity contribution in [3.63, 3.8) is 0 Å². The Kier molecular flexibility index (Phi) is 6.17. The Balaban J connectivity index is 2.23. The fourth-order valence-corrected chi connectivity index (χ4v) is 1.57. The van der Waals surface area contributed by atoms with Crippen molar-refractivity contribution in [2.45, 2.75) is 32.3 Å². The van der Waals surface area contributed by atoms with E-state index in [9.17, 15) is 14.7 Å². The van der Waals surface area contributed by atoms with Gasteiger partial charge in [0.1, 0.15) is 5.75 Å². The second kappa shape index (κ2) is 7.64. The normalized spacial score (nSPS) is 13.3. The molecule has 1 atom stereocenters. The zero-order chi connectivity index (χ0) is 15.9. The lowest BCUT2D eigenvalue weighted by atomic mass is 10.1. The molecule has 0 bridgehead atoms. The molecule has 6 nitrogen and oxygen atoms in total. The van der Waals surface area contributed by atoms with Crippen LogP contribution in [0, 0.1) is 6.92 Å². The Bertz CT molecular complexity index is 499. The minimum absolute atomic E-state index is 0.210. The van der Waals surface area contributed by atoms with Crippen molar-refractivity contribution in [3.05, 3.63) is 29.8 Å². The molecule has 1 amide bonds. The highest BCUT2D eigenvalue weighted by atomic mass is 16.5. The molecule has 1 aromatic rings. The summed E-state index contributed by atoms with van der Waals surface area (Å²) >= 11 is 0. The number of benzene rings is 1. The molecule has 0 fully saturated rings. The van der Waals surface area contributed by atoms with Gasteiger partial charge in [0.05, 0.1) is 13.2 Å². The van der Waals surface area contributed by atoms with Crippen LogP contribution in [0.1, 0.15) is 25.3 Å². The highest BCUT2D eigenvalue weighted by Gasteiger charge is 2.30. The lowest BCUT2D eigenvalue weighted by Crippen LogP contribution is -2.46. The van der Waals surface area contributed by atoms with Crippen molar-refractivity contribution in [2.75, 3.05) is 13.2 Å². The maximum absolute atomic E-state index is 11.5. The molecule has 21 heavy (non-hydrogen) atoms. The number of carboxylic acids is 1. The third kappa shape index (κ3) is 5.83. The Morgan fingerprint density at radius 2 is 2.00 bits per heavy atom. The van der Waals surface area contributed by atoms with Crippen LogP contribution in [0.5, 0.6) is 5.75 Å². The van der Waals surface area contributed by atoms with E-state index in [1.807, 2.05) is 31.2 Å². The quantitative estimate of drug-likeness (QED) is 0.624. The van der Waals surface area contributed by atoms with Crippen molar-refractivity contribution >= 4 is 11.9 Å². The van der Waals surface area contributed by atoms with E-state index >= 15 is 0 Å². The first-order valence-electron chi connectivity index (χ1n) is 6.74. The lowest BCUT2D eigenvalue weighted by molar-refractivity contribution is -0.156. The van der Waals surface area contributed by atoms with Gasteiger partial charge in [0.2, 0.25) is 5.91 Å². The molecule has 0 saturated heterocycles. The Hall–Kier alpha value is -2.08. The van der Waals surface area contributed by atoms with Crippen LogP contribution >= 0.6 is 0 Å². The van der Waals surface area contributed by atoms with E-state index in [0.717, 1.165) is 18.2 Å². The van der Waals surface area contributed by atoms with Crippen molar-refractivity contribution in [1.82, 2.24) is 5.32 Å². The Labute approximate surface area is 123 Å². The standard InChI is InChI=1S/C15H21NO5/c1-11-6-3-4-7-12(11)21-9-5-8-13(17)16-10-15(2,20)14(18)19/h3-4,6-7,20H,5,8-10H2,1-2H3,(H,16,17)(H,18,19). The molecule has 0 aliphatic heterocycles. The van der Waals surface area contributed by atoms with E-state index in [1.165, 1.54) is 0 Å². The number of carboxylic acid groups (broad SMARTS) is 1. The van der Waals surface area contributed by atoms with Gasteiger partial charge in [0.25, 0.3) is 0 Å². The van der Waals surface area contributed by atoms with Crippen LogP contribution in [-0.2, 0) is 9.59 Å². The first-order valence-corrected chi connectivity index (χ1v) is 6.74. The summed E-state index contributed by atoms with van der Waals surface area (Å²) < 4.78 is 5.55. The molecule has 1 unspecified atom stereocenters. The number of hydrogen-bond acceptors (Lipinski definition) is 4. The Morgan fingerprint density at radius 1 is 1.33 bits per heavy atom. The molecule has 3 N–H and O–H groups in total. The molecule has 1 rings (SSSR count). The smallest absolute Gasteiger partial charge is 0.337 e. The van der Waals surface area contributed by atoms with Gasteiger partial charge < -0.3 is 20.3 Å². The summed E-state index contributed by atoms with van der Waals surface area (Å²) in [6.45, 7) is 3.15. The van der Waals surface area contributed by atoms with Gasteiger partial charge in [-0.15, -0.1) is 0 Å². The summed E-state index contributed by atoms with van der Waals surface area (Å²) in [5.74, 6) is -0.901. The molecule has 0 spiro atoms. The largest absolute Gasteiger partial charge is 0.493 e. The van der Waals surface area contributed by atoms with E-state index in [4.69, 9.17) is 9.84 Å². The van der Waals surface area contributed by atoms with Gasteiger partial charge in [0.15, 0.2) is 5.60 Å². The zero-order valence-corrected chi connectivity index (χ0v) is 12.3. The van der Waals surface area contributed by atoms with Crippen LogP contribution in [0.25, 0.3) is 0 Å². The number of aryl methyl sites for hydroxylation is 1. The molecular weight excluding hydrogens is 274 g/mol. The lowest BCUT2D eigenvalue weighted by Gasteiger charge is -2.18. The number of ether oxygens (including phenoxy) is 1. The minimum atomic E-state index is -1.95. The van der Waals surface area contributed by atoms with Crippen LogP contribution in [0.15, 0.2) is 24.3 Å². The molecular formula is C15H21NO5. The van der Waals surface area contributed by atoms with E-state index in [0.29, 0.717) is 13.0 Å². The molecule has 0 saturated carbocycles. The predicted octanol–water partition coefficient (Wildman–Crippen LogP) is 1.11. The van der Waals surface area contributed by atoms with Crippen molar-refractivity contribution < 1.29 is 24.5 Å². The Morgan fingerprint density at radius 3 is 2.62 bits per heavy atom. The minimum Gasteiger partial charge on any atom is -0.493 e. The van der Waals surface area contributed by atoms with Crippen LogP contribution < -0.4 is 10.1 Å². The number of carbonyl (C=O) groups excluding carboxylic acids is 1. The number of nitrogens with one attached hydrogen (secondary N) is 1. The second-order valence-corrected chi connectivity index (χ2v) is 5.07. The average molecular weight is 295 g/mol. The van der Waals surface area contributed by atoms with E-state index in [2.05, 4.69) is 5.32 Å². The van der Waals surface area contributed by atoms with Gasteiger partial charge >= 0.3 is 5.97 Å². The monoisotopic (exact) mass is 295 g/mol. The summed E-state index contributed by atoms with van der Waals surface area (Å²) in [7, 11) is 0. The maximum atomic E-state index is 11.5. The predicted molar refractivity (Wildman–Crippen MR) is 77.2 cm³/mol. The van der Waals surface area contributed by atoms with Gasteiger partial charge in [-0.3, -0.25) is 4.79 Å². The van der Waals surface area contributed by atoms with Gasteiger partial charge in [0, 0.05) is 6.42 Å². The fourth-order valence-electron chi connectivity index (χ4n) is 1.57. The van der Waals surface area contributed by atoms with E-state index in [-0.39, 0.29) is 18.9 Å². The number of hydrogen-bond donors (Lipinski definition) is 3. The summed E-state index contributed by atoms with van der Waals surface area (Å²) in [6, 6.07) is 7.60. The van der Waals surface area contributed by atoms with Crippen LogP contribution in [-0.4, -0.2) is 40.8 Å². The van der Waals surface area contributed by atoms with Crippen LogP contribution in [0.2, 0.25) is 0 Å². The van der Waals surface area contributed by atoms with Gasteiger partial charge in [-0.25, -0.2) is 4.79 Å². The third-order valence-electron chi connectivity index (χ3n) is 2.99. The summed E-state index contributed by atoms with van der Waals surface area (Å²) in [5, 5.41) is 20.5. The highest BCUT2D eigenvalue weighted by molar-refractivity contribution is 5.80. The maximum Gasteiger partial charge on any atom is 0.337 e. The molecule has 116 valence electrons. The molecule has 6 heteroatoms. The number of carbonyl (C=O) groups is 2. The SMILES string of the molecule is Cc1ccccc1OCCCC(=O)NCC(C)(O)C(=O)O. The molecule has 0 aromatic heterocycles. The van der Waals surface area contributed by atoms with Crippen molar-refractivity contribution in [2.24, 2.45) is 0 Å². The third-order valence-corrected chi connectivity index (χ3v) is 2.99. The molecule has 0 aliphatic rings. The van der Waals surface area contributed by atoms with E-state index in [1.54, 1.807) is 0 Å². The van der Waals surface area contributed by atoms with Gasteiger partial charge in [-0.05, 0) is 31.9 Å². The molecule has 1 aromatic carbocycles. The topological polar surface area (TPSA) is 95.9 Å². The van der Waals surface area contributed by atoms with E-state index < -0.39 is 11.6 Å². The number of rotatable bonds is 8. The number of amides is 1. The fraction of sp³-hybridized carbons (Fsp3) is 0.467. The molecule has 0 heterocycles. The van der Waals surface area contributed by atoms with Gasteiger partial charge in [-0.2, -0.15) is 0 Å². The molecule has 0 aliphatic carbocycles. The number of aliphatic hydroxyl groups is 1. The zero-order valence-electron chi connectivity index (χ0n) is 12.3. The molecule has 0 radical (unpaired) electrons. The van der Waals surface area contributed by atoms with Crippen LogP contribution in [0.3, 0.4) is 0 Å². The summed E-state index contributed by atoms with van der Waals surface area (Å²) in [4.78, 5) is 22.2. The number of para-hydroxylation sites is 1.